The zero-order chi connectivity index (χ0) is 26.6. The second kappa shape index (κ2) is 12.1. The van der Waals surface area contributed by atoms with Crippen molar-refractivity contribution < 1.29 is 14.3 Å². The Morgan fingerprint density at radius 1 is 0.974 bits per heavy atom. The summed E-state index contributed by atoms with van der Waals surface area (Å²) in [5.74, 6) is 1.58. The Labute approximate surface area is 253 Å². The van der Waals surface area contributed by atoms with Crippen molar-refractivity contribution in [3.8, 4) is 11.5 Å². The predicted octanol–water partition coefficient (Wildman–Crippen LogP) is 8.26. The predicted molar refractivity (Wildman–Crippen MR) is 173 cm³/mol. The second-order valence-corrected chi connectivity index (χ2v) is 11.8. The van der Waals surface area contributed by atoms with Crippen LogP contribution in [0, 0.1) is 7.14 Å². The third kappa shape index (κ3) is 5.86. The Kier molecular flexibility index (Phi) is 8.59. The van der Waals surface area contributed by atoms with E-state index >= 15 is 0 Å². The molecule has 0 bridgehead atoms. The van der Waals surface area contributed by atoms with Gasteiger partial charge >= 0.3 is 0 Å². The van der Waals surface area contributed by atoms with E-state index < -0.39 is 0 Å². The standard InChI is InChI=1S/C30H24I2N2O3S/c1-3-34-29(35)27(38-30(34)33-22-11-13-23(36-2)14-12-22)17-19-15-25(31)28(26(32)16-19)37-18-21-9-6-8-20-7-4-5-10-24(20)21/h4-17H,3,18H2,1-2H3/b27-17+,33-30?. The van der Waals surface area contributed by atoms with E-state index in [0.29, 0.717) is 23.2 Å². The molecule has 1 amide bonds. The minimum absolute atomic E-state index is 0.0361. The third-order valence-corrected chi connectivity index (χ3v) is 8.68. The highest BCUT2D eigenvalue weighted by atomic mass is 127. The first kappa shape index (κ1) is 27.0. The van der Waals surface area contributed by atoms with Gasteiger partial charge in [-0.1, -0.05) is 42.5 Å². The number of hydrogen-bond acceptors (Lipinski definition) is 5. The van der Waals surface area contributed by atoms with Gasteiger partial charge in [-0.05, 0) is 128 Å². The van der Waals surface area contributed by atoms with Crippen LogP contribution in [0.2, 0.25) is 0 Å². The van der Waals surface area contributed by atoms with Gasteiger partial charge in [0.2, 0.25) is 0 Å². The number of carbonyl (C=O) groups excluding carboxylic acids is 1. The molecule has 1 aliphatic rings. The van der Waals surface area contributed by atoms with E-state index in [0.717, 1.165) is 35.5 Å². The smallest absolute Gasteiger partial charge is 0.266 e. The Hall–Kier alpha value is -2.57. The molecule has 0 aliphatic carbocycles. The Balaban J connectivity index is 1.37. The number of halogens is 2. The van der Waals surface area contributed by atoms with Crippen LogP contribution in [0.25, 0.3) is 16.8 Å². The summed E-state index contributed by atoms with van der Waals surface area (Å²) in [4.78, 5) is 20.2. The fourth-order valence-corrected chi connectivity index (χ4v) is 7.35. The number of benzene rings is 4. The molecule has 1 heterocycles. The average molecular weight is 746 g/mol. The fraction of sp³-hybridized carbons (Fsp3) is 0.133. The molecule has 0 unspecified atom stereocenters. The van der Waals surface area contributed by atoms with Gasteiger partial charge in [-0.25, -0.2) is 4.99 Å². The van der Waals surface area contributed by atoms with Crippen LogP contribution in [0.3, 0.4) is 0 Å². The Morgan fingerprint density at radius 2 is 1.68 bits per heavy atom. The van der Waals surface area contributed by atoms with Crippen LogP contribution in [-0.4, -0.2) is 29.6 Å². The van der Waals surface area contributed by atoms with Crippen LogP contribution < -0.4 is 9.47 Å². The summed E-state index contributed by atoms with van der Waals surface area (Å²) in [5, 5.41) is 3.08. The van der Waals surface area contributed by atoms with E-state index in [1.807, 2.05) is 43.3 Å². The summed E-state index contributed by atoms with van der Waals surface area (Å²) in [5.41, 5.74) is 2.88. The van der Waals surface area contributed by atoms with Crippen molar-refractivity contribution >= 4 is 90.6 Å². The summed E-state index contributed by atoms with van der Waals surface area (Å²) in [6.45, 7) is 2.99. The van der Waals surface area contributed by atoms with E-state index in [9.17, 15) is 4.79 Å². The first-order valence-corrected chi connectivity index (χ1v) is 15.0. The van der Waals surface area contributed by atoms with Gasteiger partial charge in [0.25, 0.3) is 5.91 Å². The van der Waals surface area contributed by atoms with Gasteiger partial charge in [0.15, 0.2) is 5.17 Å². The molecule has 4 aromatic carbocycles. The zero-order valence-corrected chi connectivity index (χ0v) is 25.9. The quantitative estimate of drug-likeness (QED) is 0.141. The second-order valence-electron chi connectivity index (χ2n) is 8.49. The molecule has 8 heteroatoms. The van der Waals surface area contributed by atoms with Crippen LogP contribution in [0.15, 0.2) is 88.8 Å². The van der Waals surface area contributed by atoms with E-state index in [-0.39, 0.29) is 5.91 Å². The number of amides is 1. The van der Waals surface area contributed by atoms with Crippen LogP contribution in [0.5, 0.6) is 11.5 Å². The molecule has 0 spiro atoms. The van der Waals surface area contributed by atoms with Crippen molar-refractivity contribution in [2.75, 3.05) is 13.7 Å². The number of aliphatic imine (C=N–C) groups is 1. The van der Waals surface area contributed by atoms with Crippen molar-refractivity contribution in [3.05, 3.63) is 102 Å². The maximum Gasteiger partial charge on any atom is 0.266 e. The summed E-state index contributed by atoms with van der Waals surface area (Å²) >= 11 is 6.01. The number of nitrogens with zero attached hydrogens (tertiary/aromatic N) is 2. The Morgan fingerprint density at radius 3 is 2.39 bits per heavy atom. The lowest BCUT2D eigenvalue weighted by Gasteiger charge is -2.13. The molecular formula is C30H24I2N2O3S. The molecule has 1 saturated heterocycles. The number of ether oxygens (including phenoxy) is 2. The van der Waals surface area contributed by atoms with E-state index in [2.05, 4.69) is 93.7 Å². The maximum absolute atomic E-state index is 13.2. The number of rotatable bonds is 7. The van der Waals surface area contributed by atoms with Crippen molar-refractivity contribution in [2.24, 2.45) is 4.99 Å². The molecule has 5 rings (SSSR count). The van der Waals surface area contributed by atoms with Crippen LogP contribution >= 0.6 is 56.9 Å². The first-order valence-electron chi connectivity index (χ1n) is 12.0. The molecular weight excluding hydrogens is 722 g/mol. The largest absolute Gasteiger partial charge is 0.497 e. The number of hydrogen-bond donors (Lipinski definition) is 0. The highest BCUT2D eigenvalue weighted by molar-refractivity contribution is 14.1. The number of amidine groups is 1. The van der Waals surface area contributed by atoms with Crippen LogP contribution in [0.4, 0.5) is 5.69 Å². The van der Waals surface area contributed by atoms with Gasteiger partial charge in [0.1, 0.15) is 18.1 Å². The van der Waals surface area contributed by atoms with Crippen molar-refractivity contribution in [3.63, 3.8) is 0 Å². The topological polar surface area (TPSA) is 51.1 Å². The average Bonchev–Trinajstić information content (AvgIpc) is 3.21. The minimum atomic E-state index is -0.0361. The normalized spacial score (nSPS) is 15.6. The lowest BCUT2D eigenvalue weighted by Crippen LogP contribution is -2.28. The van der Waals surface area contributed by atoms with Gasteiger partial charge in [0.05, 0.1) is 24.8 Å². The maximum atomic E-state index is 13.2. The SMILES string of the molecule is CCN1C(=O)/C(=C\c2cc(I)c(OCc3cccc4ccccc34)c(I)c2)SC1=Nc1ccc(OC)cc1. The lowest BCUT2D eigenvalue weighted by molar-refractivity contribution is -0.122. The molecule has 1 fully saturated rings. The van der Waals surface area contributed by atoms with E-state index in [1.54, 1.807) is 12.0 Å². The molecule has 5 nitrogen and oxygen atoms in total. The van der Waals surface area contributed by atoms with Crippen LogP contribution in [0.1, 0.15) is 18.1 Å². The van der Waals surface area contributed by atoms with Crippen molar-refractivity contribution in [2.45, 2.75) is 13.5 Å². The fourth-order valence-electron chi connectivity index (χ4n) is 4.16. The molecule has 1 aliphatic heterocycles. The summed E-state index contributed by atoms with van der Waals surface area (Å²) in [7, 11) is 1.63. The summed E-state index contributed by atoms with van der Waals surface area (Å²) in [6.07, 6.45) is 1.94. The summed E-state index contributed by atoms with van der Waals surface area (Å²) < 4.78 is 13.5. The number of methoxy groups -OCH3 is 1. The molecule has 192 valence electrons. The molecule has 0 saturated carbocycles. The van der Waals surface area contributed by atoms with Crippen molar-refractivity contribution in [1.82, 2.24) is 4.90 Å². The minimum Gasteiger partial charge on any atom is -0.497 e. The highest BCUT2D eigenvalue weighted by Gasteiger charge is 2.32. The van der Waals surface area contributed by atoms with Gasteiger partial charge < -0.3 is 9.47 Å². The Bertz CT molecular complexity index is 1540. The number of likely N-dealkylation sites (N-methyl/N-ethyl adjacent to an activating group) is 1. The van der Waals surface area contributed by atoms with Gasteiger partial charge in [-0.3, -0.25) is 9.69 Å². The molecule has 0 aromatic heterocycles. The monoisotopic (exact) mass is 746 g/mol. The van der Waals surface area contributed by atoms with Gasteiger partial charge in [0, 0.05) is 6.54 Å². The number of thioether (sulfide) groups is 1. The lowest BCUT2D eigenvalue weighted by atomic mass is 10.1. The van der Waals surface area contributed by atoms with Crippen LogP contribution in [-0.2, 0) is 11.4 Å². The number of carbonyl (C=O) groups is 1. The van der Waals surface area contributed by atoms with Gasteiger partial charge in [-0.15, -0.1) is 0 Å². The van der Waals surface area contributed by atoms with Crippen molar-refractivity contribution in [1.29, 1.82) is 0 Å². The third-order valence-electron chi connectivity index (χ3n) is 6.07. The van der Waals surface area contributed by atoms with E-state index in [4.69, 9.17) is 14.5 Å². The first-order chi connectivity index (χ1) is 18.5. The number of fused-ring (bicyclic) bond motifs is 1. The molecule has 0 atom stereocenters. The zero-order valence-electron chi connectivity index (χ0n) is 20.8. The molecule has 0 N–H and O–H groups in total. The van der Waals surface area contributed by atoms with Gasteiger partial charge in [-0.2, -0.15) is 0 Å². The molecule has 4 aromatic rings. The molecule has 0 radical (unpaired) electrons. The molecule has 38 heavy (non-hydrogen) atoms. The highest BCUT2D eigenvalue weighted by Crippen LogP contribution is 2.36. The van der Waals surface area contributed by atoms with E-state index in [1.165, 1.54) is 22.5 Å². The summed E-state index contributed by atoms with van der Waals surface area (Å²) in [6, 6.07) is 26.2.